The molecule has 0 aliphatic heterocycles. The van der Waals surface area contributed by atoms with E-state index in [1.807, 2.05) is 0 Å². The summed E-state index contributed by atoms with van der Waals surface area (Å²) in [5, 5.41) is 3.69. The molecule has 4 aliphatic rings. The lowest BCUT2D eigenvalue weighted by Gasteiger charge is -2.57. The van der Waals surface area contributed by atoms with Gasteiger partial charge >= 0.3 is 0 Å². The van der Waals surface area contributed by atoms with Gasteiger partial charge in [0.05, 0.1) is 10.9 Å². The van der Waals surface area contributed by atoms with Crippen LogP contribution < -0.4 is 10.0 Å². The third kappa shape index (κ3) is 3.51. The van der Waals surface area contributed by atoms with E-state index in [1.54, 1.807) is 6.92 Å². The van der Waals surface area contributed by atoms with Gasteiger partial charge in [-0.1, -0.05) is 11.6 Å². The topological polar surface area (TPSA) is 75.3 Å². The molecule has 0 radical (unpaired) electrons. The van der Waals surface area contributed by atoms with Crippen molar-refractivity contribution < 1.29 is 13.2 Å². The second-order valence-electron chi connectivity index (χ2n) is 8.48. The van der Waals surface area contributed by atoms with Crippen LogP contribution in [0.25, 0.3) is 0 Å². The lowest BCUT2D eigenvalue weighted by Crippen LogP contribution is -2.62. The van der Waals surface area contributed by atoms with Crippen molar-refractivity contribution in [2.45, 2.75) is 61.9 Å². The van der Waals surface area contributed by atoms with Crippen molar-refractivity contribution >= 4 is 27.5 Å². The van der Waals surface area contributed by atoms with Crippen LogP contribution >= 0.6 is 11.6 Å². The molecule has 2 N–H and O–H groups in total. The highest BCUT2D eigenvalue weighted by atomic mass is 35.5. The van der Waals surface area contributed by atoms with Crippen LogP contribution in [0.4, 0.5) is 0 Å². The van der Waals surface area contributed by atoms with Crippen molar-refractivity contribution in [1.82, 2.24) is 10.0 Å². The molecule has 1 aromatic rings. The van der Waals surface area contributed by atoms with Gasteiger partial charge in [-0.3, -0.25) is 4.79 Å². The zero-order chi connectivity index (χ0) is 18.5. The van der Waals surface area contributed by atoms with Gasteiger partial charge in [-0.25, -0.2) is 8.42 Å². The third-order valence-electron chi connectivity index (χ3n) is 6.28. The molecule has 5 rings (SSSR count). The van der Waals surface area contributed by atoms with Gasteiger partial charge in [0.2, 0.25) is 15.9 Å². The maximum atomic E-state index is 12.7. The number of halogens is 1. The van der Waals surface area contributed by atoms with Crippen LogP contribution in [-0.2, 0) is 14.8 Å². The molecule has 142 valence electrons. The van der Waals surface area contributed by atoms with Crippen molar-refractivity contribution in [3.63, 3.8) is 0 Å². The van der Waals surface area contributed by atoms with E-state index >= 15 is 0 Å². The highest BCUT2D eigenvalue weighted by Gasteiger charge is 2.51. The van der Waals surface area contributed by atoms with E-state index < -0.39 is 16.1 Å². The molecule has 0 aromatic heterocycles. The quantitative estimate of drug-likeness (QED) is 0.803. The molecule has 4 fully saturated rings. The van der Waals surface area contributed by atoms with Gasteiger partial charge < -0.3 is 5.32 Å². The van der Waals surface area contributed by atoms with Crippen LogP contribution in [-0.4, -0.2) is 25.9 Å². The first-order valence-electron chi connectivity index (χ1n) is 9.35. The summed E-state index contributed by atoms with van der Waals surface area (Å²) in [5.74, 6) is 1.94. The van der Waals surface area contributed by atoms with Crippen LogP contribution in [0.15, 0.2) is 29.2 Å². The Labute approximate surface area is 159 Å². The Hall–Kier alpha value is -1.11. The Balaban J connectivity index is 1.43. The van der Waals surface area contributed by atoms with Crippen LogP contribution in [0.3, 0.4) is 0 Å². The Morgan fingerprint density at radius 2 is 1.58 bits per heavy atom. The molecule has 1 amide bonds. The number of nitrogens with one attached hydrogen (secondary N) is 2. The summed E-state index contributed by atoms with van der Waals surface area (Å²) in [7, 11) is -3.76. The second-order valence-corrected chi connectivity index (χ2v) is 10.6. The van der Waals surface area contributed by atoms with Gasteiger partial charge in [-0.2, -0.15) is 4.72 Å². The first kappa shape index (κ1) is 18.3. The standard InChI is InChI=1S/C19H25ClN2O3S/c1-12(22-26(24,25)17-4-2-16(20)3-5-17)18(23)21-19-9-13-6-14(10-19)8-15(7-13)11-19/h2-5,12-15,22H,6-11H2,1H3,(H,21,23)/t12-,13?,14?,15?,19?/m1/s1. The summed E-state index contributed by atoms with van der Waals surface area (Å²) in [5.41, 5.74) is -0.119. The monoisotopic (exact) mass is 396 g/mol. The third-order valence-corrected chi connectivity index (χ3v) is 8.08. The van der Waals surface area contributed by atoms with Crippen LogP contribution in [0.2, 0.25) is 5.02 Å². The largest absolute Gasteiger partial charge is 0.349 e. The first-order valence-corrected chi connectivity index (χ1v) is 11.2. The molecule has 0 saturated heterocycles. The first-order chi connectivity index (χ1) is 12.2. The van der Waals surface area contributed by atoms with Gasteiger partial charge in [-0.05, 0) is 87.5 Å². The predicted octanol–water partition coefficient (Wildman–Crippen LogP) is 3.09. The highest BCUT2D eigenvalue weighted by Crippen LogP contribution is 2.55. The van der Waals surface area contributed by atoms with E-state index in [4.69, 9.17) is 11.6 Å². The molecule has 0 spiro atoms. The smallest absolute Gasteiger partial charge is 0.241 e. The number of benzene rings is 1. The van der Waals surface area contributed by atoms with Crippen molar-refractivity contribution in [3.8, 4) is 0 Å². The summed E-state index contributed by atoms with van der Waals surface area (Å²) >= 11 is 5.81. The van der Waals surface area contributed by atoms with Crippen molar-refractivity contribution in [1.29, 1.82) is 0 Å². The molecule has 5 nitrogen and oxygen atoms in total. The van der Waals surface area contributed by atoms with Crippen molar-refractivity contribution in [3.05, 3.63) is 29.3 Å². The SMILES string of the molecule is C[C@@H](NS(=O)(=O)c1ccc(Cl)cc1)C(=O)NC12CC3CC(CC(C3)C1)C2. The zero-order valence-electron chi connectivity index (χ0n) is 14.9. The fraction of sp³-hybridized carbons (Fsp3) is 0.632. The molecule has 4 saturated carbocycles. The number of amides is 1. The molecule has 7 heteroatoms. The van der Waals surface area contributed by atoms with Gasteiger partial charge in [0.1, 0.15) is 0 Å². The van der Waals surface area contributed by atoms with Crippen molar-refractivity contribution in [2.75, 3.05) is 0 Å². The summed E-state index contributed by atoms with van der Waals surface area (Å²) in [4.78, 5) is 12.8. The van der Waals surface area contributed by atoms with Gasteiger partial charge in [-0.15, -0.1) is 0 Å². The van der Waals surface area contributed by atoms with Gasteiger partial charge in [0.15, 0.2) is 0 Å². The maximum absolute atomic E-state index is 12.7. The lowest BCUT2D eigenvalue weighted by atomic mass is 9.53. The van der Waals surface area contributed by atoms with Gasteiger partial charge in [0, 0.05) is 10.6 Å². The summed E-state index contributed by atoms with van der Waals surface area (Å²) < 4.78 is 27.5. The highest BCUT2D eigenvalue weighted by molar-refractivity contribution is 7.89. The Kier molecular flexibility index (Phi) is 4.56. The zero-order valence-corrected chi connectivity index (χ0v) is 16.4. The van der Waals surface area contributed by atoms with Gasteiger partial charge in [0.25, 0.3) is 0 Å². The summed E-state index contributed by atoms with van der Waals surface area (Å²) in [6.07, 6.45) is 7.03. The number of carbonyl (C=O) groups is 1. The van der Waals surface area contributed by atoms with E-state index in [1.165, 1.54) is 43.5 Å². The molecule has 1 atom stereocenters. The molecular formula is C19H25ClN2O3S. The number of hydrogen-bond donors (Lipinski definition) is 2. The fourth-order valence-electron chi connectivity index (χ4n) is 5.60. The molecule has 4 aliphatic carbocycles. The number of carbonyl (C=O) groups excluding carboxylic acids is 1. The fourth-order valence-corrected chi connectivity index (χ4v) is 6.93. The van der Waals surface area contributed by atoms with E-state index in [0.717, 1.165) is 37.0 Å². The molecule has 0 unspecified atom stereocenters. The van der Waals surface area contributed by atoms with Crippen LogP contribution in [0.5, 0.6) is 0 Å². The lowest BCUT2D eigenvalue weighted by molar-refractivity contribution is -0.128. The van der Waals surface area contributed by atoms with Crippen LogP contribution in [0.1, 0.15) is 45.4 Å². The average Bonchev–Trinajstić information content (AvgIpc) is 2.53. The predicted molar refractivity (Wildman–Crippen MR) is 100 cm³/mol. The number of hydrogen-bond acceptors (Lipinski definition) is 3. The molecule has 0 heterocycles. The maximum Gasteiger partial charge on any atom is 0.241 e. The number of rotatable bonds is 5. The molecule has 26 heavy (non-hydrogen) atoms. The molecule has 1 aromatic carbocycles. The van der Waals surface area contributed by atoms with Crippen LogP contribution in [0, 0.1) is 17.8 Å². The minimum absolute atomic E-state index is 0.108. The van der Waals surface area contributed by atoms with Crippen molar-refractivity contribution in [2.24, 2.45) is 17.8 Å². The Bertz CT molecular complexity index is 771. The minimum Gasteiger partial charge on any atom is -0.349 e. The second kappa shape index (κ2) is 6.50. The Morgan fingerprint density at radius 3 is 2.08 bits per heavy atom. The average molecular weight is 397 g/mol. The normalized spacial score (nSPS) is 33.8. The molecule has 4 bridgehead atoms. The summed E-state index contributed by atoms with van der Waals surface area (Å²) in [6, 6.07) is 5.11. The number of sulfonamides is 1. The Morgan fingerprint density at radius 1 is 1.08 bits per heavy atom. The van der Waals surface area contributed by atoms with E-state index in [0.29, 0.717) is 5.02 Å². The summed E-state index contributed by atoms with van der Waals surface area (Å²) in [6.45, 7) is 1.60. The van der Waals surface area contributed by atoms with E-state index in [9.17, 15) is 13.2 Å². The van der Waals surface area contributed by atoms with E-state index in [-0.39, 0.29) is 16.3 Å². The molecular weight excluding hydrogens is 372 g/mol. The van der Waals surface area contributed by atoms with E-state index in [2.05, 4.69) is 10.0 Å². The minimum atomic E-state index is -3.76.